The van der Waals surface area contributed by atoms with Crippen LogP contribution in [0.1, 0.15) is 4.88 Å². The molecule has 94 valence electrons. The number of hydrogen-bond acceptors (Lipinski definition) is 3. The van der Waals surface area contributed by atoms with Crippen LogP contribution in [0.4, 0.5) is 10.1 Å². The van der Waals surface area contributed by atoms with Gasteiger partial charge in [-0.25, -0.2) is 4.39 Å². The molecule has 0 saturated heterocycles. The molecule has 0 aliphatic rings. The lowest BCUT2D eigenvalue weighted by Gasteiger charge is -2.06. The van der Waals surface area contributed by atoms with Gasteiger partial charge < -0.3 is 10.6 Å². The van der Waals surface area contributed by atoms with Crippen LogP contribution in [-0.2, 0) is 11.3 Å². The van der Waals surface area contributed by atoms with E-state index in [4.69, 9.17) is 0 Å². The van der Waals surface area contributed by atoms with Crippen LogP contribution >= 0.6 is 11.3 Å². The molecule has 0 saturated carbocycles. The zero-order valence-electron chi connectivity index (χ0n) is 9.65. The van der Waals surface area contributed by atoms with Crippen LogP contribution in [-0.4, -0.2) is 12.5 Å². The third-order valence-corrected chi connectivity index (χ3v) is 3.19. The maximum Gasteiger partial charge on any atom is 0.238 e. The second kappa shape index (κ2) is 6.28. The van der Waals surface area contributed by atoms with Gasteiger partial charge in [0, 0.05) is 11.4 Å². The Morgan fingerprint density at radius 2 is 2.06 bits per heavy atom. The van der Waals surface area contributed by atoms with Crippen molar-refractivity contribution in [1.82, 2.24) is 5.32 Å². The lowest BCUT2D eigenvalue weighted by atomic mass is 10.3. The highest BCUT2D eigenvalue weighted by molar-refractivity contribution is 7.09. The summed E-state index contributed by atoms with van der Waals surface area (Å²) in [6, 6.07) is 10.1. The summed E-state index contributed by atoms with van der Waals surface area (Å²) in [4.78, 5) is 12.7. The van der Waals surface area contributed by atoms with E-state index in [-0.39, 0.29) is 18.1 Å². The van der Waals surface area contributed by atoms with Crippen LogP contribution in [0, 0.1) is 5.82 Å². The molecule has 2 N–H and O–H groups in total. The second-order valence-electron chi connectivity index (χ2n) is 3.71. The van der Waals surface area contributed by atoms with Gasteiger partial charge in [-0.15, -0.1) is 11.3 Å². The highest BCUT2D eigenvalue weighted by Crippen LogP contribution is 2.12. The Labute approximate surface area is 109 Å². The number of amides is 1. The Hall–Kier alpha value is -1.72. The van der Waals surface area contributed by atoms with Gasteiger partial charge in [0.1, 0.15) is 5.82 Å². The van der Waals surface area contributed by atoms with Gasteiger partial charge >= 0.3 is 0 Å². The number of benzene rings is 1. The Morgan fingerprint density at radius 3 is 2.78 bits per heavy atom. The average Bonchev–Trinajstić information content (AvgIpc) is 2.85. The summed E-state index contributed by atoms with van der Waals surface area (Å²) in [6.45, 7) is 0.800. The molecule has 0 spiro atoms. The first-order valence-electron chi connectivity index (χ1n) is 5.53. The first-order valence-corrected chi connectivity index (χ1v) is 6.41. The van der Waals surface area contributed by atoms with Crippen LogP contribution in [0.25, 0.3) is 0 Å². The fraction of sp³-hybridized carbons (Fsp3) is 0.154. The molecular weight excluding hydrogens is 251 g/mol. The van der Waals surface area contributed by atoms with Crippen LogP contribution < -0.4 is 10.6 Å². The second-order valence-corrected chi connectivity index (χ2v) is 4.74. The minimum Gasteiger partial charge on any atom is -0.322 e. The highest BCUT2D eigenvalue weighted by atomic mass is 32.1. The molecule has 0 aliphatic carbocycles. The standard InChI is InChI=1S/C13H13FN2OS/c14-11-5-1-2-6-12(11)16-13(17)9-15-8-10-4-3-7-18-10/h1-7,15H,8-9H2,(H,16,17). The van der Waals surface area contributed by atoms with Gasteiger partial charge in [-0.1, -0.05) is 18.2 Å². The Morgan fingerprint density at radius 1 is 1.22 bits per heavy atom. The number of carbonyl (C=O) groups is 1. The quantitative estimate of drug-likeness (QED) is 0.871. The predicted molar refractivity (Wildman–Crippen MR) is 71.1 cm³/mol. The van der Waals surface area contributed by atoms with Gasteiger partial charge in [0.15, 0.2) is 0 Å². The smallest absolute Gasteiger partial charge is 0.238 e. The number of hydrogen-bond donors (Lipinski definition) is 2. The van der Waals surface area contributed by atoms with E-state index in [2.05, 4.69) is 10.6 Å². The van der Waals surface area contributed by atoms with Crippen molar-refractivity contribution in [2.24, 2.45) is 0 Å². The van der Waals surface area contributed by atoms with E-state index in [0.717, 1.165) is 4.88 Å². The van der Waals surface area contributed by atoms with E-state index in [1.807, 2.05) is 17.5 Å². The molecule has 1 heterocycles. The van der Waals surface area contributed by atoms with Gasteiger partial charge in [-0.3, -0.25) is 4.79 Å². The number of para-hydroxylation sites is 1. The van der Waals surface area contributed by atoms with Crippen molar-refractivity contribution in [3.8, 4) is 0 Å². The van der Waals surface area contributed by atoms with Crippen LogP contribution in [0.5, 0.6) is 0 Å². The maximum absolute atomic E-state index is 13.3. The summed E-state index contributed by atoms with van der Waals surface area (Å²) in [5, 5.41) is 7.50. The first-order chi connectivity index (χ1) is 8.75. The van der Waals surface area contributed by atoms with E-state index < -0.39 is 5.82 Å². The SMILES string of the molecule is O=C(CNCc1cccs1)Nc1ccccc1F. The van der Waals surface area contributed by atoms with Crippen molar-refractivity contribution in [3.05, 3.63) is 52.5 Å². The Kier molecular flexibility index (Phi) is 4.44. The van der Waals surface area contributed by atoms with E-state index in [1.54, 1.807) is 23.5 Å². The molecular formula is C13H13FN2OS. The number of rotatable bonds is 5. The van der Waals surface area contributed by atoms with Crippen LogP contribution in [0.2, 0.25) is 0 Å². The van der Waals surface area contributed by atoms with E-state index in [0.29, 0.717) is 6.54 Å². The van der Waals surface area contributed by atoms with Crippen LogP contribution in [0.15, 0.2) is 41.8 Å². The Bertz CT molecular complexity index is 513. The predicted octanol–water partition coefficient (Wildman–Crippen LogP) is 2.62. The third-order valence-electron chi connectivity index (χ3n) is 2.31. The largest absolute Gasteiger partial charge is 0.322 e. The molecule has 1 aromatic carbocycles. The third kappa shape index (κ3) is 3.65. The number of nitrogens with one attached hydrogen (secondary N) is 2. The molecule has 0 aliphatic heterocycles. The molecule has 1 aromatic heterocycles. The van der Waals surface area contributed by atoms with E-state index in [1.165, 1.54) is 12.1 Å². The van der Waals surface area contributed by atoms with Gasteiger partial charge in [0.05, 0.1) is 12.2 Å². The summed E-state index contributed by atoms with van der Waals surface area (Å²) in [7, 11) is 0. The zero-order valence-corrected chi connectivity index (χ0v) is 10.5. The monoisotopic (exact) mass is 264 g/mol. The van der Waals surface area contributed by atoms with Gasteiger partial charge in [-0.05, 0) is 23.6 Å². The molecule has 0 radical (unpaired) electrons. The van der Waals surface area contributed by atoms with Gasteiger partial charge in [-0.2, -0.15) is 0 Å². The van der Waals surface area contributed by atoms with Crippen molar-refractivity contribution in [2.45, 2.75) is 6.54 Å². The summed E-state index contributed by atoms with van der Waals surface area (Å²) < 4.78 is 13.3. The van der Waals surface area contributed by atoms with Crippen molar-refractivity contribution >= 4 is 22.9 Å². The average molecular weight is 264 g/mol. The summed E-state index contributed by atoms with van der Waals surface area (Å²) in [6.07, 6.45) is 0. The number of anilines is 1. The fourth-order valence-electron chi connectivity index (χ4n) is 1.47. The molecule has 0 unspecified atom stereocenters. The fourth-order valence-corrected chi connectivity index (χ4v) is 2.14. The zero-order chi connectivity index (χ0) is 12.8. The van der Waals surface area contributed by atoms with Crippen LogP contribution in [0.3, 0.4) is 0 Å². The minimum absolute atomic E-state index is 0.159. The Balaban J connectivity index is 1.77. The first kappa shape index (κ1) is 12.7. The summed E-state index contributed by atoms with van der Waals surface area (Å²) >= 11 is 1.63. The molecule has 2 rings (SSSR count). The maximum atomic E-state index is 13.3. The van der Waals surface area contributed by atoms with Crippen molar-refractivity contribution in [1.29, 1.82) is 0 Å². The molecule has 0 atom stereocenters. The highest BCUT2D eigenvalue weighted by Gasteiger charge is 2.05. The van der Waals surface area contributed by atoms with Crippen molar-refractivity contribution < 1.29 is 9.18 Å². The number of carbonyl (C=O) groups excluding carboxylic acids is 1. The minimum atomic E-state index is -0.427. The number of halogens is 1. The lowest BCUT2D eigenvalue weighted by Crippen LogP contribution is -2.27. The lowest BCUT2D eigenvalue weighted by molar-refractivity contribution is -0.115. The van der Waals surface area contributed by atoms with Gasteiger partial charge in [0.25, 0.3) is 0 Å². The van der Waals surface area contributed by atoms with E-state index in [9.17, 15) is 9.18 Å². The van der Waals surface area contributed by atoms with Crippen molar-refractivity contribution in [3.63, 3.8) is 0 Å². The molecule has 2 aromatic rings. The van der Waals surface area contributed by atoms with Crippen molar-refractivity contribution in [2.75, 3.05) is 11.9 Å². The summed E-state index contributed by atoms with van der Waals surface area (Å²) in [5.74, 6) is -0.680. The number of thiophene rings is 1. The normalized spacial score (nSPS) is 10.3. The van der Waals surface area contributed by atoms with Gasteiger partial charge in [0.2, 0.25) is 5.91 Å². The van der Waals surface area contributed by atoms with E-state index >= 15 is 0 Å². The summed E-state index contributed by atoms with van der Waals surface area (Å²) in [5.41, 5.74) is 0.209. The molecule has 3 nitrogen and oxygen atoms in total. The molecule has 18 heavy (non-hydrogen) atoms. The molecule has 1 amide bonds. The topological polar surface area (TPSA) is 41.1 Å². The molecule has 0 bridgehead atoms. The molecule has 5 heteroatoms. The molecule has 0 fully saturated rings.